The topological polar surface area (TPSA) is 91.0 Å². The van der Waals surface area contributed by atoms with Crippen molar-refractivity contribution in [2.75, 3.05) is 14.2 Å². The Balaban J connectivity index is 4.43. The van der Waals surface area contributed by atoms with Crippen molar-refractivity contribution in [2.45, 2.75) is 0 Å². The van der Waals surface area contributed by atoms with Gasteiger partial charge in [0, 0.05) is 0 Å². The van der Waals surface area contributed by atoms with Crippen LogP contribution in [0.5, 0.6) is 0 Å². The molecule has 0 aliphatic rings. The maximum Gasteiger partial charge on any atom is 0.366 e. The van der Waals surface area contributed by atoms with E-state index < -0.39 is 17.7 Å². The molecule has 6 heteroatoms. The Morgan fingerprint density at radius 3 is 1.73 bits per heavy atom. The van der Waals surface area contributed by atoms with Gasteiger partial charge in [-0.3, -0.25) is 0 Å². The average Bonchev–Trinajstić information content (AvgIpc) is 2.05. The van der Waals surface area contributed by atoms with Gasteiger partial charge in [-0.25, -0.2) is 9.59 Å². The molecule has 0 atom stereocenters. The lowest BCUT2D eigenvalue weighted by atomic mass is 10.4. The number of methoxy groups -OCH3 is 2. The van der Waals surface area contributed by atoms with Crippen LogP contribution in [0.25, 0.3) is 0 Å². The van der Waals surface area contributed by atoms with E-state index in [1.807, 2.05) is 0 Å². The van der Waals surface area contributed by atoms with Crippen molar-refractivity contribution < 1.29 is 19.1 Å². The van der Waals surface area contributed by atoms with Crippen LogP contribution in [0.3, 0.4) is 0 Å². The van der Waals surface area contributed by atoms with Gasteiger partial charge in [-0.1, -0.05) is 0 Å². The van der Waals surface area contributed by atoms with E-state index in [2.05, 4.69) is 14.6 Å². The molecule has 0 aromatic heterocycles. The molecule has 0 saturated carbocycles. The Bertz CT molecular complexity index is 181. The Morgan fingerprint density at radius 2 is 1.55 bits per heavy atom. The van der Waals surface area contributed by atoms with Crippen LogP contribution in [0.4, 0.5) is 0 Å². The van der Waals surface area contributed by atoms with Crippen LogP contribution < -0.4 is 5.84 Å². The molecule has 11 heavy (non-hydrogen) atoms. The van der Waals surface area contributed by atoms with Crippen molar-refractivity contribution >= 4 is 17.7 Å². The molecule has 62 valence electrons. The molecule has 0 aromatic carbocycles. The lowest BCUT2D eigenvalue weighted by Gasteiger charge is -1.98. The molecule has 6 nitrogen and oxygen atoms in total. The van der Waals surface area contributed by atoms with E-state index in [9.17, 15) is 9.59 Å². The number of hydrogen-bond acceptors (Lipinski definition) is 6. The number of hydrogen-bond donors (Lipinski definition) is 1. The van der Waals surface area contributed by atoms with Crippen molar-refractivity contribution in [3.63, 3.8) is 0 Å². The molecule has 0 unspecified atom stereocenters. The second-order valence-corrected chi connectivity index (χ2v) is 1.46. The molecule has 0 aliphatic carbocycles. The second kappa shape index (κ2) is 4.26. The van der Waals surface area contributed by atoms with Crippen LogP contribution in [-0.2, 0) is 19.1 Å². The van der Waals surface area contributed by atoms with Crippen LogP contribution >= 0.6 is 0 Å². The van der Waals surface area contributed by atoms with Gasteiger partial charge in [-0.05, 0) is 0 Å². The van der Waals surface area contributed by atoms with Crippen LogP contribution in [0.15, 0.2) is 5.10 Å². The molecule has 0 saturated heterocycles. The summed E-state index contributed by atoms with van der Waals surface area (Å²) in [4.78, 5) is 21.2. The first-order valence-electron chi connectivity index (χ1n) is 2.61. The number of ether oxygens (including phenoxy) is 2. The summed E-state index contributed by atoms with van der Waals surface area (Å²) in [5.41, 5.74) is -0.560. The fourth-order valence-corrected chi connectivity index (χ4v) is 0.382. The number of nitrogens with two attached hydrogens (primary N) is 1. The fraction of sp³-hybridized carbons (Fsp3) is 0.400. The van der Waals surface area contributed by atoms with Crippen molar-refractivity contribution in [2.24, 2.45) is 10.9 Å². The zero-order valence-electron chi connectivity index (χ0n) is 6.16. The maximum atomic E-state index is 10.6. The average molecular weight is 160 g/mol. The largest absolute Gasteiger partial charge is 0.464 e. The molecule has 0 aromatic rings. The van der Waals surface area contributed by atoms with E-state index in [-0.39, 0.29) is 0 Å². The summed E-state index contributed by atoms with van der Waals surface area (Å²) in [6.45, 7) is 0. The third-order valence-electron chi connectivity index (χ3n) is 0.887. The minimum Gasteiger partial charge on any atom is -0.464 e. The van der Waals surface area contributed by atoms with Gasteiger partial charge < -0.3 is 15.3 Å². The van der Waals surface area contributed by atoms with E-state index in [1.54, 1.807) is 0 Å². The summed E-state index contributed by atoms with van der Waals surface area (Å²) in [5, 5.41) is 2.90. The summed E-state index contributed by atoms with van der Waals surface area (Å²) >= 11 is 0. The first-order chi connectivity index (χ1) is 5.17. The molecule has 0 aliphatic heterocycles. The number of carbonyl (C=O) groups excluding carboxylic acids is 2. The smallest absolute Gasteiger partial charge is 0.366 e. The third kappa shape index (κ3) is 2.24. The van der Waals surface area contributed by atoms with Gasteiger partial charge >= 0.3 is 11.9 Å². The number of hydrazone groups is 1. The molecule has 0 bridgehead atoms. The predicted molar refractivity (Wildman–Crippen MR) is 35.7 cm³/mol. The summed E-state index contributed by atoms with van der Waals surface area (Å²) in [5.74, 6) is 2.88. The van der Waals surface area contributed by atoms with Gasteiger partial charge in [-0.15, -0.1) is 0 Å². The predicted octanol–water partition coefficient (Wildman–Crippen LogP) is -1.35. The second-order valence-electron chi connectivity index (χ2n) is 1.46. The fourth-order valence-electron chi connectivity index (χ4n) is 0.382. The standard InChI is InChI=1S/C5H8N2O4/c1-10-4(8)3(7-6)5(9)11-2/h6H2,1-2H3. The first kappa shape index (κ1) is 9.41. The van der Waals surface area contributed by atoms with E-state index in [4.69, 9.17) is 5.84 Å². The highest BCUT2D eigenvalue weighted by atomic mass is 16.5. The SMILES string of the molecule is COC(=O)C(=NN)C(=O)OC. The maximum absolute atomic E-state index is 10.6. The Kier molecular flexibility index (Phi) is 3.65. The highest BCUT2D eigenvalue weighted by molar-refractivity contribution is 6.62. The summed E-state index contributed by atoms with van der Waals surface area (Å²) in [6, 6.07) is 0. The van der Waals surface area contributed by atoms with Crippen molar-refractivity contribution in [1.29, 1.82) is 0 Å². The summed E-state index contributed by atoms with van der Waals surface area (Å²) in [6.07, 6.45) is 0. The molecular weight excluding hydrogens is 152 g/mol. The molecule has 0 radical (unpaired) electrons. The van der Waals surface area contributed by atoms with Gasteiger partial charge in [0.25, 0.3) is 5.71 Å². The van der Waals surface area contributed by atoms with Crippen molar-refractivity contribution in [1.82, 2.24) is 0 Å². The monoisotopic (exact) mass is 160 g/mol. The van der Waals surface area contributed by atoms with Gasteiger partial charge in [0.1, 0.15) is 0 Å². The lowest BCUT2D eigenvalue weighted by molar-refractivity contribution is -0.138. The van der Waals surface area contributed by atoms with Crippen LogP contribution in [-0.4, -0.2) is 31.9 Å². The van der Waals surface area contributed by atoms with E-state index in [0.29, 0.717) is 0 Å². The van der Waals surface area contributed by atoms with Crippen LogP contribution in [0.2, 0.25) is 0 Å². The number of nitrogens with zero attached hydrogens (tertiary/aromatic N) is 1. The van der Waals surface area contributed by atoms with E-state index >= 15 is 0 Å². The Hall–Kier alpha value is -1.59. The summed E-state index contributed by atoms with van der Waals surface area (Å²) in [7, 11) is 2.22. The molecule has 0 heterocycles. The minimum absolute atomic E-state index is 0.560. The van der Waals surface area contributed by atoms with Crippen molar-refractivity contribution in [3.05, 3.63) is 0 Å². The number of esters is 2. The third-order valence-corrected chi connectivity index (χ3v) is 0.887. The Labute approximate surface area is 63.0 Å². The quantitative estimate of drug-likeness (QED) is 0.177. The highest BCUT2D eigenvalue weighted by Crippen LogP contribution is 1.84. The zero-order valence-corrected chi connectivity index (χ0v) is 6.16. The zero-order chi connectivity index (χ0) is 8.85. The van der Waals surface area contributed by atoms with Gasteiger partial charge in [-0.2, -0.15) is 5.10 Å². The van der Waals surface area contributed by atoms with Gasteiger partial charge in [0.15, 0.2) is 0 Å². The highest BCUT2D eigenvalue weighted by Gasteiger charge is 2.21. The summed E-state index contributed by atoms with van der Waals surface area (Å²) < 4.78 is 8.35. The number of rotatable bonds is 2. The molecular formula is C5H8N2O4. The Morgan fingerprint density at radius 1 is 1.18 bits per heavy atom. The van der Waals surface area contributed by atoms with Gasteiger partial charge in [0.2, 0.25) is 0 Å². The van der Waals surface area contributed by atoms with E-state index in [1.165, 1.54) is 0 Å². The molecule has 0 fully saturated rings. The lowest BCUT2D eigenvalue weighted by Crippen LogP contribution is -2.27. The number of carbonyl (C=O) groups is 2. The normalized spacial score (nSPS) is 8.18. The van der Waals surface area contributed by atoms with Crippen LogP contribution in [0, 0.1) is 0 Å². The molecule has 0 spiro atoms. The first-order valence-corrected chi connectivity index (χ1v) is 2.61. The van der Waals surface area contributed by atoms with E-state index in [0.717, 1.165) is 14.2 Å². The molecule has 2 N–H and O–H groups in total. The van der Waals surface area contributed by atoms with Crippen molar-refractivity contribution in [3.8, 4) is 0 Å². The van der Waals surface area contributed by atoms with Gasteiger partial charge in [0.05, 0.1) is 14.2 Å². The molecule has 0 amide bonds. The minimum atomic E-state index is -0.917. The van der Waals surface area contributed by atoms with Crippen LogP contribution in [0.1, 0.15) is 0 Å². The molecule has 0 rings (SSSR count).